The van der Waals surface area contributed by atoms with E-state index in [1.54, 1.807) is 0 Å². The van der Waals surface area contributed by atoms with Gasteiger partial charge in [-0.25, -0.2) is 0 Å². The van der Waals surface area contributed by atoms with Gasteiger partial charge in [-0.15, -0.1) is 0 Å². The summed E-state index contributed by atoms with van der Waals surface area (Å²) in [6.45, 7) is 11.4. The van der Waals surface area contributed by atoms with E-state index in [2.05, 4.69) is 55.3 Å². The Morgan fingerprint density at radius 2 is 2.11 bits per heavy atom. The number of nitrogens with zero attached hydrogens (tertiary/aromatic N) is 1. The van der Waals surface area contributed by atoms with Crippen molar-refractivity contribution in [3.05, 3.63) is 35.4 Å². The number of benzene rings is 1. The van der Waals surface area contributed by atoms with Crippen LogP contribution in [0.3, 0.4) is 0 Å². The van der Waals surface area contributed by atoms with E-state index >= 15 is 0 Å². The highest BCUT2D eigenvalue weighted by molar-refractivity contribution is 5.25. The lowest BCUT2D eigenvalue weighted by atomic mass is 9.98. The van der Waals surface area contributed by atoms with Gasteiger partial charge >= 0.3 is 0 Å². The highest BCUT2D eigenvalue weighted by Gasteiger charge is 2.26. The van der Waals surface area contributed by atoms with Crippen molar-refractivity contribution >= 4 is 0 Å². The molecule has 1 unspecified atom stereocenters. The Labute approximate surface area is 111 Å². The third-order valence-corrected chi connectivity index (χ3v) is 4.21. The molecule has 0 spiro atoms. The van der Waals surface area contributed by atoms with Crippen molar-refractivity contribution < 1.29 is 0 Å². The molecule has 1 N–H and O–H groups in total. The molecule has 1 aliphatic rings. The maximum atomic E-state index is 3.70. The third-order valence-electron chi connectivity index (χ3n) is 4.21. The summed E-state index contributed by atoms with van der Waals surface area (Å²) < 4.78 is 0. The van der Waals surface area contributed by atoms with Crippen molar-refractivity contribution in [1.29, 1.82) is 0 Å². The van der Waals surface area contributed by atoms with Gasteiger partial charge in [0.2, 0.25) is 0 Å². The minimum Gasteiger partial charge on any atom is -0.310 e. The molecule has 1 aliphatic heterocycles. The third kappa shape index (κ3) is 3.33. The Morgan fingerprint density at radius 1 is 1.33 bits per heavy atom. The van der Waals surface area contributed by atoms with Crippen LogP contribution < -0.4 is 5.32 Å². The Hall–Kier alpha value is -0.860. The monoisotopic (exact) mass is 246 g/mol. The lowest BCUT2D eigenvalue weighted by Gasteiger charge is -2.33. The van der Waals surface area contributed by atoms with Crippen LogP contribution in [0.15, 0.2) is 24.3 Å². The van der Waals surface area contributed by atoms with E-state index in [0.29, 0.717) is 0 Å². The van der Waals surface area contributed by atoms with Gasteiger partial charge in [0.15, 0.2) is 0 Å². The van der Waals surface area contributed by atoms with Gasteiger partial charge in [0, 0.05) is 18.6 Å². The second kappa shape index (κ2) is 5.85. The van der Waals surface area contributed by atoms with E-state index in [0.717, 1.165) is 19.6 Å². The summed E-state index contributed by atoms with van der Waals surface area (Å²) in [6, 6.07) is 8.75. The summed E-state index contributed by atoms with van der Waals surface area (Å²) in [5.74, 6) is 0. The molecule has 1 heterocycles. The first-order chi connectivity index (χ1) is 8.63. The van der Waals surface area contributed by atoms with E-state index < -0.39 is 0 Å². The van der Waals surface area contributed by atoms with Crippen molar-refractivity contribution in [2.24, 2.45) is 0 Å². The van der Waals surface area contributed by atoms with E-state index in [4.69, 9.17) is 0 Å². The maximum absolute atomic E-state index is 3.70. The van der Waals surface area contributed by atoms with Crippen LogP contribution in [0.5, 0.6) is 0 Å². The molecule has 0 bridgehead atoms. The Kier molecular flexibility index (Phi) is 4.41. The van der Waals surface area contributed by atoms with Crippen molar-refractivity contribution in [1.82, 2.24) is 10.2 Å². The van der Waals surface area contributed by atoms with Gasteiger partial charge in [-0.05, 0) is 50.9 Å². The van der Waals surface area contributed by atoms with Crippen LogP contribution in [0.4, 0.5) is 0 Å². The molecule has 0 amide bonds. The molecule has 100 valence electrons. The predicted molar refractivity (Wildman–Crippen MR) is 77.8 cm³/mol. The van der Waals surface area contributed by atoms with Gasteiger partial charge in [0.25, 0.3) is 0 Å². The molecule has 0 saturated carbocycles. The summed E-state index contributed by atoms with van der Waals surface area (Å²) in [7, 11) is 0. The Balaban J connectivity index is 2.06. The second-order valence-electron chi connectivity index (χ2n) is 5.83. The Bertz CT molecular complexity index is 388. The van der Waals surface area contributed by atoms with Crippen LogP contribution in [0.25, 0.3) is 0 Å². The van der Waals surface area contributed by atoms with E-state index in [1.807, 2.05) is 0 Å². The van der Waals surface area contributed by atoms with Gasteiger partial charge in [0.05, 0.1) is 0 Å². The molecule has 2 nitrogen and oxygen atoms in total. The molecule has 2 rings (SSSR count). The van der Waals surface area contributed by atoms with Crippen LogP contribution in [0.1, 0.15) is 37.8 Å². The molecular formula is C16H26N2. The Morgan fingerprint density at radius 3 is 2.83 bits per heavy atom. The van der Waals surface area contributed by atoms with Crippen LogP contribution in [0, 0.1) is 6.92 Å². The molecule has 0 aliphatic carbocycles. The van der Waals surface area contributed by atoms with Gasteiger partial charge in [-0.2, -0.15) is 0 Å². The molecule has 0 aromatic heterocycles. The van der Waals surface area contributed by atoms with Crippen LogP contribution in [-0.2, 0) is 6.54 Å². The zero-order valence-electron chi connectivity index (χ0n) is 12.0. The van der Waals surface area contributed by atoms with Crippen LogP contribution in [-0.4, -0.2) is 30.1 Å². The largest absolute Gasteiger partial charge is 0.310 e. The summed E-state index contributed by atoms with van der Waals surface area (Å²) >= 11 is 0. The molecule has 1 atom stereocenters. The van der Waals surface area contributed by atoms with E-state index in [-0.39, 0.29) is 5.54 Å². The van der Waals surface area contributed by atoms with Crippen molar-refractivity contribution in [2.75, 3.05) is 19.6 Å². The molecular weight excluding hydrogens is 220 g/mol. The lowest BCUT2D eigenvalue weighted by Crippen LogP contribution is -2.48. The molecule has 1 fully saturated rings. The zero-order chi connectivity index (χ0) is 13.0. The zero-order valence-corrected chi connectivity index (χ0v) is 12.0. The number of nitrogens with one attached hydrogen (secondary N) is 1. The summed E-state index contributed by atoms with van der Waals surface area (Å²) in [5.41, 5.74) is 3.16. The van der Waals surface area contributed by atoms with Crippen LogP contribution in [0.2, 0.25) is 0 Å². The number of hydrogen-bond donors (Lipinski definition) is 1. The molecule has 18 heavy (non-hydrogen) atoms. The van der Waals surface area contributed by atoms with E-state index in [9.17, 15) is 0 Å². The minimum absolute atomic E-state index is 0.277. The smallest absolute Gasteiger partial charge is 0.0277 e. The maximum Gasteiger partial charge on any atom is 0.0277 e. The number of rotatable bonds is 3. The highest BCUT2D eigenvalue weighted by Crippen LogP contribution is 2.18. The topological polar surface area (TPSA) is 15.3 Å². The first kappa shape index (κ1) is 13.6. The van der Waals surface area contributed by atoms with Gasteiger partial charge in [0.1, 0.15) is 0 Å². The lowest BCUT2D eigenvalue weighted by molar-refractivity contribution is 0.208. The second-order valence-corrected chi connectivity index (χ2v) is 5.83. The van der Waals surface area contributed by atoms with Gasteiger partial charge < -0.3 is 5.32 Å². The fourth-order valence-electron chi connectivity index (χ4n) is 2.72. The number of aryl methyl sites for hydroxylation is 1. The first-order valence-corrected chi connectivity index (χ1v) is 7.15. The standard InChI is InChI=1S/C16H26N2/c1-4-16(3)13-18(11-7-10-17-16)12-15-9-6-5-8-14(15)2/h5-6,8-9,17H,4,7,10-13H2,1-3H3. The molecule has 2 heteroatoms. The SMILES string of the molecule is CCC1(C)CN(Cc2ccccc2C)CCCN1. The van der Waals surface area contributed by atoms with Gasteiger partial charge in [-0.1, -0.05) is 31.2 Å². The highest BCUT2D eigenvalue weighted by atomic mass is 15.2. The minimum atomic E-state index is 0.277. The van der Waals surface area contributed by atoms with E-state index in [1.165, 1.54) is 30.5 Å². The van der Waals surface area contributed by atoms with Crippen LogP contribution >= 0.6 is 0 Å². The fraction of sp³-hybridized carbons (Fsp3) is 0.625. The molecule has 1 aromatic rings. The molecule has 0 radical (unpaired) electrons. The molecule has 1 aromatic carbocycles. The number of hydrogen-bond acceptors (Lipinski definition) is 2. The average molecular weight is 246 g/mol. The average Bonchev–Trinajstić information content (AvgIpc) is 2.55. The predicted octanol–water partition coefficient (Wildman–Crippen LogP) is 2.96. The van der Waals surface area contributed by atoms with Crippen molar-refractivity contribution in [2.45, 2.75) is 45.7 Å². The summed E-state index contributed by atoms with van der Waals surface area (Å²) in [5, 5.41) is 3.70. The van der Waals surface area contributed by atoms with Gasteiger partial charge in [-0.3, -0.25) is 4.90 Å². The molecule has 1 saturated heterocycles. The van der Waals surface area contributed by atoms with Crippen molar-refractivity contribution in [3.8, 4) is 0 Å². The van der Waals surface area contributed by atoms with Crippen molar-refractivity contribution in [3.63, 3.8) is 0 Å². The fourth-order valence-corrected chi connectivity index (χ4v) is 2.72. The summed E-state index contributed by atoms with van der Waals surface area (Å²) in [6.07, 6.45) is 2.44. The quantitative estimate of drug-likeness (QED) is 0.882. The normalized spacial score (nSPS) is 25.9. The summed E-state index contributed by atoms with van der Waals surface area (Å²) in [4.78, 5) is 2.60. The first-order valence-electron chi connectivity index (χ1n) is 7.15.